The summed E-state index contributed by atoms with van der Waals surface area (Å²) in [4.78, 5) is 14.2. The van der Waals surface area contributed by atoms with E-state index in [0.29, 0.717) is 11.6 Å². The van der Waals surface area contributed by atoms with Crippen LogP contribution in [0, 0.1) is 0 Å². The van der Waals surface area contributed by atoms with Crippen LogP contribution in [0.15, 0.2) is 42.6 Å². The number of methoxy groups -OCH3 is 1. The molecule has 21 heavy (non-hydrogen) atoms. The van der Waals surface area contributed by atoms with Crippen molar-refractivity contribution in [1.82, 2.24) is 9.47 Å². The maximum absolute atomic E-state index is 12.4. The molecule has 0 aliphatic carbocycles. The molecule has 0 spiro atoms. The number of carbonyl (C=O) groups is 1. The van der Waals surface area contributed by atoms with Crippen LogP contribution in [0.25, 0.3) is 0 Å². The Morgan fingerprint density at radius 1 is 1.29 bits per heavy atom. The molecule has 1 aromatic carbocycles. The molecule has 1 unspecified atom stereocenters. The van der Waals surface area contributed by atoms with E-state index in [1.807, 2.05) is 47.5 Å². The van der Waals surface area contributed by atoms with E-state index < -0.39 is 0 Å². The van der Waals surface area contributed by atoms with Crippen molar-refractivity contribution in [3.8, 4) is 0 Å². The van der Waals surface area contributed by atoms with E-state index in [0.717, 1.165) is 17.8 Å². The summed E-state index contributed by atoms with van der Waals surface area (Å²) in [5.74, 6) is -0.0186. The van der Waals surface area contributed by atoms with E-state index in [9.17, 15) is 4.79 Å². The molecule has 1 aliphatic rings. The summed E-state index contributed by atoms with van der Waals surface area (Å²) in [5.41, 5.74) is 2.03. The predicted molar refractivity (Wildman–Crippen MR) is 81.3 cm³/mol. The maximum Gasteiger partial charge on any atom is 0.249 e. The van der Waals surface area contributed by atoms with Gasteiger partial charge in [0.2, 0.25) is 5.91 Å². The second-order valence-electron chi connectivity index (χ2n) is 5.07. The average molecular weight is 305 g/mol. The molecule has 1 atom stereocenters. The Hall–Kier alpha value is -1.78. The number of ether oxygens (including phenoxy) is 1. The van der Waals surface area contributed by atoms with Crippen LogP contribution in [0.3, 0.4) is 0 Å². The van der Waals surface area contributed by atoms with Crippen LogP contribution in [-0.4, -0.2) is 35.6 Å². The van der Waals surface area contributed by atoms with Crippen molar-refractivity contribution in [3.05, 3.63) is 58.9 Å². The molecule has 0 bridgehead atoms. The van der Waals surface area contributed by atoms with Gasteiger partial charge in [-0.3, -0.25) is 4.79 Å². The molecule has 110 valence electrons. The Morgan fingerprint density at radius 2 is 2.10 bits per heavy atom. The van der Waals surface area contributed by atoms with Gasteiger partial charge in [-0.15, -0.1) is 0 Å². The highest BCUT2D eigenvalue weighted by Crippen LogP contribution is 2.35. The SMILES string of the molecule is COCC(=O)N1CCn2cccc2C1c1ccccc1Cl. The van der Waals surface area contributed by atoms with Crippen molar-refractivity contribution in [2.75, 3.05) is 20.3 Å². The van der Waals surface area contributed by atoms with Crippen LogP contribution in [0.4, 0.5) is 0 Å². The second kappa shape index (κ2) is 5.92. The first-order chi connectivity index (χ1) is 10.2. The molecule has 0 saturated heterocycles. The summed E-state index contributed by atoms with van der Waals surface area (Å²) in [6.45, 7) is 1.53. The molecule has 1 aromatic heterocycles. The Labute approximate surface area is 128 Å². The van der Waals surface area contributed by atoms with Crippen molar-refractivity contribution in [1.29, 1.82) is 0 Å². The lowest BCUT2D eigenvalue weighted by atomic mass is 10.00. The van der Waals surface area contributed by atoms with Crippen LogP contribution in [0.2, 0.25) is 5.02 Å². The molecule has 5 heteroatoms. The molecule has 4 nitrogen and oxygen atoms in total. The van der Waals surface area contributed by atoms with Gasteiger partial charge in [-0.25, -0.2) is 0 Å². The van der Waals surface area contributed by atoms with Crippen molar-refractivity contribution in [2.24, 2.45) is 0 Å². The monoisotopic (exact) mass is 304 g/mol. The Balaban J connectivity index is 2.06. The number of aromatic nitrogens is 1. The quantitative estimate of drug-likeness (QED) is 0.874. The molecule has 0 N–H and O–H groups in total. The topological polar surface area (TPSA) is 34.5 Å². The van der Waals surface area contributed by atoms with Crippen LogP contribution in [0.1, 0.15) is 17.3 Å². The van der Waals surface area contributed by atoms with Gasteiger partial charge in [0.15, 0.2) is 0 Å². The summed E-state index contributed by atoms with van der Waals surface area (Å²) in [6, 6.07) is 11.6. The molecule has 0 radical (unpaired) electrons. The number of halogens is 1. The number of rotatable bonds is 3. The van der Waals surface area contributed by atoms with E-state index in [-0.39, 0.29) is 18.6 Å². The Kier molecular flexibility index (Phi) is 3.99. The zero-order valence-corrected chi connectivity index (χ0v) is 12.6. The third-order valence-electron chi connectivity index (χ3n) is 3.83. The van der Waals surface area contributed by atoms with Gasteiger partial charge in [-0.05, 0) is 23.8 Å². The number of hydrogen-bond acceptors (Lipinski definition) is 2. The van der Waals surface area contributed by atoms with Gasteiger partial charge in [0.05, 0.1) is 6.04 Å². The van der Waals surface area contributed by atoms with Gasteiger partial charge in [-0.1, -0.05) is 29.8 Å². The van der Waals surface area contributed by atoms with Gasteiger partial charge in [0, 0.05) is 37.1 Å². The van der Waals surface area contributed by atoms with Crippen LogP contribution in [-0.2, 0) is 16.1 Å². The third kappa shape index (κ3) is 2.57. The first-order valence-corrected chi connectivity index (χ1v) is 7.28. The fourth-order valence-corrected chi connectivity index (χ4v) is 3.12. The van der Waals surface area contributed by atoms with Gasteiger partial charge < -0.3 is 14.2 Å². The van der Waals surface area contributed by atoms with Gasteiger partial charge in [0.25, 0.3) is 0 Å². The molecule has 3 rings (SSSR count). The zero-order valence-electron chi connectivity index (χ0n) is 11.8. The number of amides is 1. The summed E-state index contributed by atoms with van der Waals surface area (Å²) in [6.07, 6.45) is 2.04. The summed E-state index contributed by atoms with van der Waals surface area (Å²) < 4.78 is 7.18. The maximum atomic E-state index is 12.4. The smallest absolute Gasteiger partial charge is 0.249 e. The predicted octanol–water partition coefficient (Wildman–Crippen LogP) is 2.72. The molecular formula is C16H17ClN2O2. The highest BCUT2D eigenvalue weighted by Gasteiger charge is 2.32. The fraction of sp³-hybridized carbons (Fsp3) is 0.312. The number of fused-ring (bicyclic) bond motifs is 1. The highest BCUT2D eigenvalue weighted by molar-refractivity contribution is 6.31. The molecule has 0 saturated carbocycles. The number of hydrogen-bond donors (Lipinski definition) is 0. The van der Waals surface area contributed by atoms with Crippen molar-refractivity contribution < 1.29 is 9.53 Å². The van der Waals surface area contributed by atoms with Crippen molar-refractivity contribution in [3.63, 3.8) is 0 Å². The number of nitrogens with zero attached hydrogens (tertiary/aromatic N) is 2. The zero-order chi connectivity index (χ0) is 14.8. The largest absolute Gasteiger partial charge is 0.375 e. The lowest BCUT2D eigenvalue weighted by Gasteiger charge is -2.37. The lowest BCUT2D eigenvalue weighted by Crippen LogP contribution is -2.44. The van der Waals surface area contributed by atoms with Gasteiger partial charge >= 0.3 is 0 Å². The first-order valence-electron chi connectivity index (χ1n) is 6.90. The minimum atomic E-state index is -0.162. The standard InChI is InChI=1S/C16H17ClN2O2/c1-21-11-15(20)19-10-9-18-8-4-7-14(18)16(19)12-5-2-3-6-13(12)17/h2-8,16H,9-11H2,1H3. The van der Waals surface area contributed by atoms with Crippen LogP contribution < -0.4 is 0 Å². The lowest BCUT2D eigenvalue weighted by molar-refractivity contribution is -0.137. The van der Waals surface area contributed by atoms with Crippen LogP contribution >= 0.6 is 11.6 Å². The van der Waals surface area contributed by atoms with Crippen LogP contribution in [0.5, 0.6) is 0 Å². The molecule has 1 aliphatic heterocycles. The van der Waals surface area contributed by atoms with E-state index in [1.54, 1.807) is 0 Å². The van der Waals surface area contributed by atoms with Gasteiger partial charge in [-0.2, -0.15) is 0 Å². The van der Waals surface area contributed by atoms with Crippen molar-refractivity contribution in [2.45, 2.75) is 12.6 Å². The second-order valence-corrected chi connectivity index (χ2v) is 5.48. The normalized spacial score (nSPS) is 17.6. The van der Waals surface area contributed by atoms with Crippen molar-refractivity contribution >= 4 is 17.5 Å². The molecular weight excluding hydrogens is 288 g/mol. The molecule has 0 fully saturated rings. The third-order valence-corrected chi connectivity index (χ3v) is 4.17. The van der Waals surface area contributed by atoms with E-state index in [2.05, 4.69) is 4.57 Å². The first kappa shape index (κ1) is 14.2. The van der Waals surface area contributed by atoms with Gasteiger partial charge in [0.1, 0.15) is 6.61 Å². The van der Waals surface area contributed by atoms with E-state index in [1.165, 1.54) is 7.11 Å². The summed E-state index contributed by atoms with van der Waals surface area (Å²) in [7, 11) is 1.54. The Morgan fingerprint density at radius 3 is 2.86 bits per heavy atom. The summed E-state index contributed by atoms with van der Waals surface area (Å²) in [5, 5.41) is 0.673. The molecule has 2 aromatic rings. The minimum Gasteiger partial charge on any atom is -0.375 e. The minimum absolute atomic E-state index is 0.0186. The number of benzene rings is 1. The highest BCUT2D eigenvalue weighted by atomic mass is 35.5. The number of carbonyl (C=O) groups excluding carboxylic acids is 1. The summed E-state index contributed by atoms with van der Waals surface area (Å²) >= 11 is 6.36. The Bertz CT molecular complexity index is 653. The fourth-order valence-electron chi connectivity index (χ4n) is 2.88. The van der Waals surface area contributed by atoms with E-state index in [4.69, 9.17) is 16.3 Å². The average Bonchev–Trinajstić information content (AvgIpc) is 2.95. The molecule has 1 amide bonds. The molecule has 2 heterocycles. The van der Waals surface area contributed by atoms with E-state index >= 15 is 0 Å².